The molecule has 1 saturated heterocycles. The molecule has 0 aromatic heterocycles. The molecule has 1 aliphatic rings. The molecule has 1 aromatic rings. The molecule has 0 radical (unpaired) electrons. The smallest absolute Gasteiger partial charge is 0.339 e. The molecule has 0 bridgehead atoms. The van der Waals surface area contributed by atoms with Crippen molar-refractivity contribution in [2.75, 3.05) is 26.1 Å². The number of esters is 1. The Labute approximate surface area is 98.1 Å². The molecule has 4 nitrogen and oxygen atoms in total. The molecule has 0 aliphatic carbocycles. The average Bonchev–Trinajstić information content (AvgIpc) is 2.23. The minimum atomic E-state index is -0.352. The summed E-state index contributed by atoms with van der Waals surface area (Å²) in [5.41, 5.74) is 6.75. The van der Waals surface area contributed by atoms with Gasteiger partial charge in [0.1, 0.15) is 0 Å². The van der Waals surface area contributed by atoms with Gasteiger partial charge in [0.05, 0.1) is 31.1 Å². The van der Waals surface area contributed by atoms with Crippen LogP contribution >= 0.6 is 11.8 Å². The SMILES string of the molecule is COC(=O)c1cc(N)ccc1SC1COC1. The summed E-state index contributed by atoms with van der Waals surface area (Å²) in [6, 6.07) is 5.28. The maximum Gasteiger partial charge on any atom is 0.339 e. The Balaban J connectivity index is 2.23. The Bertz CT molecular complexity index is 404. The molecule has 1 fully saturated rings. The molecule has 1 heterocycles. The van der Waals surface area contributed by atoms with E-state index in [9.17, 15) is 4.79 Å². The highest BCUT2D eigenvalue weighted by Gasteiger charge is 2.22. The molecule has 86 valence electrons. The van der Waals surface area contributed by atoms with Crippen LogP contribution in [0.15, 0.2) is 23.1 Å². The number of anilines is 1. The Morgan fingerprint density at radius 3 is 2.88 bits per heavy atom. The van der Waals surface area contributed by atoms with Gasteiger partial charge < -0.3 is 15.2 Å². The highest BCUT2D eigenvalue weighted by Crippen LogP contribution is 2.32. The van der Waals surface area contributed by atoms with E-state index >= 15 is 0 Å². The highest BCUT2D eigenvalue weighted by molar-refractivity contribution is 8.00. The van der Waals surface area contributed by atoms with Crippen LogP contribution in [0.2, 0.25) is 0 Å². The molecule has 0 amide bonds. The molecule has 0 saturated carbocycles. The van der Waals surface area contributed by atoms with Gasteiger partial charge in [0, 0.05) is 10.6 Å². The molecule has 1 aromatic carbocycles. The molecule has 0 unspecified atom stereocenters. The van der Waals surface area contributed by atoms with Crippen LogP contribution < -0.4 is 5.73 Å². The minimum absolute atomic E-state index is 0.352. The Morgan fingerprint density at radius 2 is 2.31 bits per heavy atom. The molecule has 5 heteroatoms. The minimum Gasteiger partial charge on any atom is -0.465 e. The van der Waals surface area contributed by atoms with E-state index in [1.165, 1.54) is 7.11 Å². The van der Waals surface area contributed by atoms with E-state index in [1.54, 1.807) is 23.9 Å². The van der Waals surface area contributed by atoms with Gasteiger partial charge in [-0.15, -0.1) is 11.8 Å². The lowest BCUT2D eigenvalue weighted by atomic mass is 10.2. The monoisotopic (exact) mass is 239 g/mol. The molecule has 2 N–H and O–H groups in total. The van der Waals surface area contributed by atoms with E-state index in [0.29, 0.717) is 16.5 Å². The van der Waals surface area contributed by atoms with Gasteiger partial charge in [-0.3, -0.25) is 0 Å². The van der Waals surface area contributed by atoms with E-state index in [0.717, 1.165) is 18.1 Å². The van der Waals surface area contributed by atoms with E-state index < -0.39 is 0 Å². The number of benzene rings is 1. The maximum atomic E-state index is 11.6. The predicted molar refractivity (Wildman–Crippen MR) is 62.7 cm³/mol. The second-order valence-electron chi connectivity index (χ2n) is 3.52. The van der Waals surface area contributed by atoms with Crippen molar-refractivity contribution in [3.63, 3.8) is 0 Å². The number of nitrogens with two attached hydrogens (primary N) is 1. The molecule has 0 atom stereocenters. The van der Waals surface area contributed by atoms with Crippen LogP contribution in [0, 0.1) is 0 Å². The number of hydrogen-bond acceptors (Lipinski definition) is 5. The zero-order valence-electron chi connectivity index (χ0n) is 8.93. The van der Waals surface area contributed by atoms with Crippen molar-refractivity contribution in [1.29, 1.82) is 0 Å². The number of thioether (sulfide) groups is 1. The zero-order valence-corrected chi connectivity index (χ0v) is 9.75. The van der Waals surface area contributed by atoms with Crippen LogP contribution in [0.5, 0.6) is 0 Å². The number of carbonyl (C=O) groups is 1. The van der Waals surface area contributed by atoms with E-state index in [2.05, 4.69) is 0 Å². The third kappa shape index (κ3) is 2.31. The fraction of sp³-hybridized carbons (Fsp3) is 0.364. The topological polar surface area (TPSA) is 61.5 Å². The van der Waals surface area contributed by atoms with Crippen molar-refractivity contribution in [2.24, 2.45) is 0 Å². The van der Waals surface area contributed by atoms with E-state index in [4.69, 9.17) is 15.2 Å². The maximum absolute atomic E-state index is 11.6. The first-order chi connectivity index (χ1) is 7.70. The van der Waals surface area contributed by atoms with E-state index in [-0.39, 0.29) is 5.97 Å². The van der Waals surface area contributed by atoms with Gasteiger partial charge in [0.2, 0.25) is 0 Å². The molecule has 1 aliphatic heterocycles. The van der Waals surface area contributed by atoms with Gasteiger partial charge >= 0.3 is 5.97 Å². The third-order valence-electron chi connectivity index (χ3n) is 2.31. The number of methoxy groups -OCH3 is 1. The zero-order chi connectivity index (χ0) is 11.5. The summed E-state index contributed by atoms with van der Waals surface area (Å²) in [5, 5.41) is 0.423. The van der Waals surface area contributed by atoms with Crippen molar-refractivity contribution < 1.29 is 14.3 Å². The van der Waals surface area contributed by atoms with Crippen LogP contribution in [0.3, 0.4) is 0 Å². The van der Waals surface area contributed by atoms with E-state index in [1.807, 2.05) is 6.07 Å². The first kappa shape index (κ1) is 11.3. The van der Waals surface area contributed by atoms with Gasteiger partial charge in [0.15, 0.2) is 0 Å². The van der Waals surface area contributed by atoms with Crippen molar-refractivity contribution in [2.45, 2.75) is 10.1 Å². The van der Waals surface area contributed by atoms with Crippen molar-refractivity contribution in [3.8, 4) is 0 Å². The quantitative estimate of drug-likeness (QED) is 0.640. The predicted octanol–water partition coefficient (Wildman–Crippen LogP) is 1.55. The lowest BCUT2D eigenvalue weighted by Crippen LogP contribution is -2.30. The van der Waals surface area contributed by atoms with Crippen LogP contribution in [-0.2, 0) is 9.47 Å². The molecule has 16 heavy (non-hydrogen) atoms. The fourth-order valence-corrected chi connectivity index (χ4v) is 2.49. The standard InChI is InChI=1S/C11H13NO3S/c1-14-11(13)9-4-7(12)2-3-10(9)16-8-5-15-6-8/h2-4,8H,5-6,12H2,1H3. The largest absolute Gasteiger partial charge is 0.465 e. The molecular formula is C11H13NO3S. The average molecular weight is 239 g/mol. The van der Waals surface area contributed by atoms with Crippen LogP contribution in [0.4, 0.5) is 5.69 Å². The van der Waals surface area contributed by atoms with Gasteiger partial charge in [-0.05, 0) is 18.2 Å². The lowest BCUT2D eigenvalue weighted by molar-refractivity contribution is 0.0454. The summed E-state index contributed by atoms with van der Waals surface area (Å²) < 4.78 is 9.82. The van der Waals surface area contributed by atoms with Gasteiger partial charge in [-0.1, -0.05) is 0 Å². The Hall–Kier alpha value is -1.20. The number of rotatable bonds is 3. The van der Waals surface area contributed by atoms with Gasteiger partial charge in [0.25, 0.3) is 0 Å². The highest BCUT2D eigenvalue weighted by atomic mass is 32.2. The first-order valence-corrected chi connectivity index (χ1v) is 5.81. The van der Waals surface area contributed by atoms with Gasteiger partial charge in [-0.25, -0.2) is 4.79 Å². The van der Waals surface area contributed by atoms with Crippen molar-refractivity contribution in [3.05, 3.63) is 23.8 Å². The van der Waals surface area contributed by atoms with Crippen molar-refractivity contribution >= 4 is 23.4 Å². The second-order valence-corrected chi connectivity index (χ2v) is 4.87. The summed E-state index contributed by atoms with van der Waals surface area (Å²) in [6.45, 7) is 1.46. The van der Waals surface area contributed by atoms with Crippen LogP contribution in [0.25, 0.3) is 0 Å². The fourth-order valence-electron chi connectivity index (χ4n) is 1.38. The number of ether oxygens (including phenoxy) is 2. The normalized spacial score (nSPS) is 15.6. The number of carbonyl (C=O) groups excluding carboxylic acids is 1. The summed E-state index contributed by atoms with van der Waals surface area (Å²) in [5.74, 6) is -0.352. The summed E-state index contributed by atoms with van der Waals surface area (Å²) in [6.07, 6.45) is 0. The summed E-state index contributed by atoms with van der Waals surface area (Å²) in [7, 11) is 1.37. The molecule has 2 rings (SSSR count). The van der Waals surface area contributed by atoms with Crippen molar-refractivity contribution in [1.82, 2.24) is 0 Å². The summed E-state index contributed by atoms with van der Waals surface area (Å²) >= 11 is 1.63. The van der Waals surface area contributed by atoms with Crippen LogP contribution in [-0.4, -0.2) is 31.5 Å². The number of hydrogen-bond donors (Lipinski definition) is 1. The Morgan fingerprint density at radius 1 is 1.56 bits per heavy atom. The Kier molecular flexibility index (Phi) is 3.36. The van der Waals surface area contributed by atoms with Crippen LogP contribution in [0.1, 0.15) is 10.4 Å². The lowest BCUT2D eigenvalue weighted by Gasteiger charge is -2.25. The molecule has 0 spiro atoms. The number of nitrogen functional groups attached to an aromatic ring is 1. The summed E-state index contributed by atoms with van der Waals surface area (Å²) in [4.78, 5) is 12.4. The second kappa shape index (κ2) is 4.76. The molecular weight excluding hydrogens is 226 g/mol. The first-order valence-electron chi connectivity index (χ1n) is 4.93. The van der Waals surface area contributed by atoms with Gasteiger partial charge in [-0.2, -0.15) is 0 Å². The third-order valence-corrected chi connectivity index (χ3v) is 3.53.